The first kappa shape index (κ1) is 24.4. The molecule has 1 heterocycles. The third-order valence-corrected chi connectivity index (χ3v) is 5.61. The van der Waals surface area contributed by atoms with Gasteiger partial charge in [-0.05, 0) is 60.7 Å². The Balaban J connectivity index is 1.54. The van der Waals surface area contributed by atoms with Crippen LogP contribution in [-0.2, 0) is 13.1 Å². The molecule has 3 aromatic carbocycles. The number of hydrogen-bond donors (Lipinski definition) is 1. The van der Waals surface area contributed by atoms with E-state index in [1.165, 1.54) is 10.8 Å². The number of anilines is 2. The van der Waals surface area contributed by atoms with Gasteiger partial charge in [0, 0.05) is 21.9 Å². The summed E-state index contributed by atoms with van der Waals surface area (Å²) in [6.45, 7) is 0.671. The van der Waals surface area contributed by atoms with Crippen molar-refractivity contribution in [3.63, 3.8) is 0 Å². The van der Waals surface area contributed by atoms with E-state index in [0.29, 0.717) is 21.5 Å². The van der Waals surface area contributed by atoms with Gasteiger partial charge in [0.15, 0.2) is 0 Å². The van der Waals surface area contributed by atoms with Crippen molar-refractivity contribution in [3.8, 4) is 11.5 Å². The molecule has 1 aromatic heterocycles. The quantitative estimate of drug-likeness (QED) is 0.316. The van der Waals surface area contributed by atoms with Crippen molar-refractivity contribution >= 4 is 34.6 Å². The topological polar surface area (TPSA) is 74.5 Å². The molecule has 0 aliphatic carbocycles. The Kier molecular flexibility index (Phi) is 8.13. The summed E-state index contributed by atoms with van der Waals surface area (Å²) in [5, 5.41) is 4.31. The normalized spacial score (nSPS) is 10.7. The van der Waals surface area contributed by atoms with Crippen LogP contribution in [0.1, 0.15) is 0 Å². The molecule has 7 nitrogen and oxygen atoms in total. The SMILES string of the molecule is O=c1c(Nc2ccccc2)cn(CCOc2ccc(Cl)cc2)c(=O)n1CCOc1ccc(Cl)cc1. The number of ether oxygens (including phenoxy) is 2. The molecule has 4 rings (SSSR count). The monoisotopic (exact) mass is 511 g/mol. The molecule has 0 atom stereocenters. The predicted molar refractivity (Wildman–Crippen MR) is 139 cm³/mol. The highest BCUT2D eigenvalue weighted by Gasteiger charge is 2.12. The van der Waals surface area contributed by atoms with Crippen molar-refractivity contribution in [2.75, 3.05) is 18.5 Å². The van der Waals surface area contributed by atoms with Crippen molar-refractivity contribution in [2.45, 2.75) is 13.1 Å². The van der Waals surface area contributed by atoms with Gasteiger partial charge in [-0.3, -0.25) is 13.9 Å². The molecule has 35 heavy (non-hydrogen) atoms. The van der Waals surface area contributed by atoms with Crippen molar-refractivity contribution in [1.29, 1.82) is 0 Å². The summed E-state index contributed by atoms with van der Waals surface area (Å²) < 4.78 is 14.0. The van der Waals surface area contributed by atoms with E-state index >= 15 is 0 Å². The van der Waals surface area contributed by atoms with Crippen LogP contribution >= 0.6 is 23.2 Å². The number of benzene rings is 3. The van der Waals surface area contributed by atoms with Crippen LogP contribution in [0, 0.1) is 0 Å². The summed E-state index contributed by atoms with van der Waals surface area (Å²) in [4.78, 5) is 26.3. The Morgan fingerprint density at radius 2 is 1.26 bits per heavy atom. The third-order valence-electron chi connectivity index (χ3n) is 5.10. The number of aromatic nitrogens is 2. The van der Waals surface area contributed by atoms with E-state index in [0.717, 1.165) is 10.3 Å². The van der Waals surface area contributed by atoms with Gasteiger partial charge in [-0.15, -0.1) is 0 Å². The summed E-state index contributed by atoms with van der Waals surface area (Å²) in [5.74, 6) is 1.23. The van der Waals surface area contributed by atoms with E-state index < -0.39 is 11.2 Å². The van der Waals surface area contributed by atoms with Crippen LogP contribution in [0.25, 0.3) is 0 Å². The molecule has 0 spiro atoms. The second kappa shape index (κ2) is 11.6. The van der Waals surface area contributed by atoms with Gasteiger partial charge in [-0.25, -0.2) is 4.79 Å². The highest BCUT2D eigenvalue weighted by molar-refractivity contribution is 6.30. The molecule has 180 valence electrons. The summed E-state index contributed by atoms with van der Waals surface area (Å²) in [5.41, 5.74) is 0.117. The minimum absolute atomic E-state index is 0.0721. The van der Waals surface area contributed by atoms with Gasteiger partial charge < -0.3 is 14.8 Å². The molecule has 0 fully saturated rings. The Labute approximate surface area is 212 Å². The zero-order chi connectivity index (χ0) is 24.6. The molecule has 0 bridgehead atoms. The predicted octanol–water partition coefficient (Wildman–Crippen LogP) is 5.22. The molecule has 1 N–H and O–H groups in total. The van der Waals surface area contributed by atoms with Crippen molar-refractivity contribution in [2.24, 2.45) is 0 Å². The van der Waals surface area contributed by atoms with Crippen LogP contribution in [0.2, 0.25) is 10.0 Å². The number of nitrogens with one attached hydrogen (secondary N) is 1. The van der Waals surface area contributed by atoms with E-state index in [2.05, 4.69) is 5.32 Å². The van der Waals surface area contributed by atoms with Gasteiger partial charge in [0.1, 0.15) is 30.4 Å². The first-order valence-corrected chi connectivity index (χ1v) is 11.7. The Hall–Kier alpha value is -3.68. The second-order valence-corrected chi connectivity index (χ2v) is 8.44. The molecule has 4 aromatic rings. The van der Waals surface area contributed by atoms with E-state index in [1.807, 2.05) is 30.3 Å². The fourth-order valence-corrected chi connectivity index (χ4v) is 3.60. The first-order valence-electron chi connectivity index (χ1n) is 10.9. The van der Waals surface area contributed by atoms with Gasteiger partial charge in [-0.1, -0.05) is 41.4 Å². The molecule has 0 aliphatic heterocycles. The molecule has 0 radical (unpaired) electrons. The van der Waals surface area contributed by atoms with Gasteiger partial charge in [0.25, 0.3) is 5.56 Å². The van der Waals surface area contributed by atoms with Crippen LogP contribution in [0.3, 0.4) is 0 Å². The summed E-state index contributed by atoms with van der Waals surface area (Å²) in [7, 11) is 0. The highest BCUT2D eigenvalue weighted by atomic mass is 35.5. The molecular weight excluding hydrogens is 489 g/mol. The van der Waals surface area contributed by atoms with Gasteiger partial charge in [0.2, 0.25) is 0 Å². The standard InChI is InChI=1S/C26H23Cl2N3O4/c27-19-6-10-22(11-7-19)34-16-14-30-18-24(29-21-4-2-1-3-5-21)25(32)31(26(30)33)15-17-35-23-12-8-20(28)9-13-23/h1-13,18,29H,14-17H2. The largest absolute Gasteiger partial charge is 0.492 e. The molecule has 0 amide bonds. The number of para-hydroxylation sites is 1. The minimum atomic E-state index is -0.451. The lowest BCUT2D eigenvalue weighted by Crippen LogP contribution is -2.42. The van der Waals surface area contributed by atoms with Gasteiger partial charge in [0.05, 0.1) is 13.1 Å². The van der Waals surface area contributed by atoms with Crippen molar-refractivity contribution in [3.05, 3.63) is 116 Å². The molecular formula is C26H23Cl2N3O4. The van der Waals surface area contributed by atoms with Crippen LogP contribution in [-0.4, -0.2) is 22.3 Å². The van der Waals surface area contributed by atoms with Gasteiger partial charge in [-0.2, -0.15) is 0 Å². The molecule has 0 saturated carbocycles. The third kappa shape index (κ3) is 6.68. The first-order chi connectivity index (χ1) is 17.0. The maximum atomic E-state index is 13.1. The Morgan fingerprint density at radius 1 is 0.714 bits per heavy atom. The minimum Gasteiger partial charge on any atom is -0.492 e. The van der Waals surface area contributed by atoms with E-state index in [-0.39, 0.29) is 32.0 Å². The number of nitrogens with zero attached hydrogens (tertiary/aromatic N) is 2. The van der Waals surface area contributed by atoms with E-state index in [9.17, 15) is 9.59 Å². The average molecular weight is 512 g/mol. The zero-order valence-electron chi connectivity index (χ0n) is 18.7. The Morgan fingerprint density at radius 3 is 1.83 bits per heavy atom. The lowest BCUT2D eigenvalue weighted by molar-refractivity contribution is 0.281. The van der Waals surface area contributed by atoms with E-state index in [1.54, 1.807) is 48.5 Å². The number of hydrogen-bond acceptors (Lipinski definition) is 5. The second-order valence-electron chi connectivity index (χ2n) is 7.57. The lowest BCUT2D eigenvalue weighted by atomic mass is 10.3. The molecule has 9 heteroatoms. The number of rotatable bonds is 10. The maximum absolute atomic E-state index is 13.1. The molecule has 0 aliphatic rings. The molecule has 0 unspecified atom stereocenters. The average Bonchev–Trinajstić information content (AvgIpc) is 2.87. The fourth-order valence-electron chi connectivity index (χ4n) is 3.35. The van der Waals surface area contributed by atoms with Crippen LogP contribution in [0.5, 0.6) is 11.5 Å². The van der Waals surface area contributed by atoms with Crippen molar-refractivity contribution in [1.82, 2.24) is 9.13 Å². The highest BCUT2D eigenvalue weighted by Crippen LogP contribution is 2.17. The van der Waals surface area contributed by atoms with E-state index in [4.69, 9.17) is 32.7 Å². The van der Waals surface area contributed by atoms with Gasteiger partial charge >= 0.3 is 5.69 Å². The maximum Gasteiger partial charge on any atom is 0.331 e. The smallest absolute Gasteiger partial charge is 0.331 e. The zero-order valence-corrected chi connectivity index (χ0v) is 20.2. The summed E-state index contributed by atoms with van der Waals surface area (Å²) >= 11 is 11.8. The van der Waals surface area contributed by atoms with Crippen LogP contribution < -0.4 is 26.0 Å². The Bertz CT molecular complexity index is 1370. The van der Waals surface area contributed by atoms with Crippen LogP contribution in [0.4, 0.5) is 11.4 Å². The van der Waals surface area contributed by atoms with Crippen molar-refractivity contribution < 1.29 is 9.47 Å². The fraction of sp³-hybridized carbons (Fsp3) is 0.154. The summed E-state index contributed by atoms with van der Waals surface area (Å²) in [6.07, 6.45) is 1.51. The molecule has 0 saturated heterocycles. The summed E-state index contributed by atoms with van der Waals surface area (Å²) in [6, 6.07) is 23.1. The van der Waals surface area contributed by atoms with Crippen LogP contribution in [0.15, 0.2) is 94.6 Å². The number of halogens is 2. The lowest BCUT2D eigenvalue weighted by Gasteiger charge is -2.15.